The predicted octanol–water partition coefficient (Wildman–Crippen LogP) is 21.0. The van der Waals surface area contributed by atoms with Crippen LogP contribution >= 0.6 is 0 Å². The van der Waals surface area contributed by atoms with Crippen LogP contribution in [0.3, 0.4) is 0 Å². The van der Waals surface area contributed by atoms with Crippen LogP contribution in [0.5, 0.6) is 0 Å². The van der Waals surface area contributed by atoms with Crippen LogP contribution in [0, 0.1) is 24.8 Å². The normalized spacial score (nSPS) is 13.4. The van der Waals surface area contributed by atoms with Gasteiger partial charge in [-0.25, -0.2) is 0 Å². The van der Waals surface area contributed by atoms with Gasteiger partial charge in [0.15, 0.2) is 0 Å². The third-order valence-corrected chi connectivity index (χ3v) is 8.43. The molecule has 0 unspecified atom stereocenters. The van der Waals surface area contributed by atoms with Gasteiger partial charge in [-0.15, -0.1) is 11.6 Å². The number of para-hydroxylation sites is 1. The number of carbonyl (C=O) groups excluding carboxylic acids is 2. The summed E-state index contributed by atoms with van der Waals surface area (Å²) in [5, 5.41) is 3.90. The molecule has 2 atom stereocenters. The number of rotatable bonds is 7. The Morgan fingerprint density at radius 2 is 0.987 bits per heavy atom. The number of ether oxygens (including phenoxy) is 1. The van der Waals surface area contributed by atoms with Gasteiger partial charge in [0.2, 0.25) is 5.91 Å². The molecule has 1 aliphatic heterocycles. The number of nitrogens with zero attached hydrogens (tertiary/aromatic N) is 2. The maximum Gasteiger partial charge on any atom is 0.256 e. The Hall–Kier alpha value is -4.54. The average molecular weight is 1290 g/mol. The fourth-order valence-electron chi connectivity index (χ4n) is 6.13. The zero-order valence-corrected chi connectivity index (χ0v) is 40.1. The Labute approximate surface area is 423 Å². The second kappa shape index (κ2) is 106. The van der Waals surface area contributed by atoms with Gasteiger partial charge in [-0.05, 0) is 50.0 Å². The topological polar surface area (TPSA) is 63.6 Å². The first-order valence-corrected chi connectivity index (χ1v) is 16.6. The summed E-state index contributed by atoms with van der Waals surface area (Å²) in [5.41, 5.74) is 4.17. The molecule has 2 fully saturated rings. The van der Waals surface area contributed by atoms with Crippen molar-refractivity contribution in [2.45, 2.75) is 71.4 Å². The molecule has 0 spiro atoms. The number of benzene rings is 2. The van der Waals surface area contributed by atoms with Gasteiger partial charge in [0.1, 0.15) is 0 Å². The molecule has 457 valence electrons. The average Bonchev–Trinajstić information content (AvgIpc) is 4.09. The number of aryl methyl sites for hydroxylation is 2. The molecular formula is C32H40F36N3O3Y-. The molecule has 1 N–H and O–H groups in total. The molecule has 0 bridgehead atoms. The summed E-state index contributed by atoms with van der Waals surface area (Å²) in [5.74, 6) is 1.27. The molecule has 2 amide bonds. The molecular weight excluding hydrogens is 1250 g/mol. The fraction of sp³-hybridized carbons (Fsp3) is 0.500. The van der Waals surface area contributed by atoms with Crippen molar-refractivity contribution in [1.82, 2.24) is 9.47 Å². The Morgan fingerprint density at radius 3 is 1.37 bits per heavy atom. The van der Waals surface area contributed by atoms with E-state index in [-0.39, 0.29) is 50.6 Å². The molecule has 75 heavy (non-hydrogen) atoms. The number of halogens is 36. The van der Waals surface area contributed by atoms with Crippen molar-refractivity contribution in [2.75, 3.05) is 18.5 Å². The third kappa shape index (κ3) is 57.0. The van der Waals surface area contributed by atoms with E-state index in [1.807, 2.05) is 66.0 Å². The molecule has 1 saturated heterocycles. The van der Waals surface area contributed by atoms with Gasteiger partial charge < -0.3 is 19.5 Å². The van der Waals surface area contributed by atoms with Gasteiger partial charge in [0.25, 0.3) is 5.91 Å². The van der Waals surface area contributed by atoms with Gasteiger partial charge in [0, 0.05) is 234 Å². The molecule has 3 aromatic rings. The zero-order valence-electron chi connectivity index (χ0n) is 37.3. The van der Waals surface area contributed by atoms with Crippen molar-refractivity contribution in [1.29, 1.82) is 0 Å². The summed E-state index contributed by atoms with van der Waals surface area (Å²) < 4.78 is 296. The zero-order chi connectivity index (χ0) is 62.8. The number of fused-ring (bicyclic) bond motifs is 1. The second-order valence-electron chi connectivity index (χ2n) is 11.6. The van der Waals surface area contributed by atoms with E-state index in [2.05, 4.69) is 25.2 Å². The molecule has 1 radical (unpaired) electrons. The number of carbonyl (C=O) groups is 2. The first-order valence-electron chi connectivity index (χ1n) is 16.6. The van der Waals surface area contributed by atoms with Crippen molar-refractivity contribution in [3.05, 3.63) is 65.4 Å². The van der Waals surface area contributed by atoms with Crippen LogP contribution in [0.15, 0.2) is 42.6 Å². The van der Waals surface area contributed by atoms with E-state index >= 15 is 0 Å². The molecule has 1 aromatic heterocycles. The first-order chi connectivity index (χ1) is 36.3. The SMILES string of the molecule is Cc1cc(NC(=O)c2cn(C)c3ccccc23)[c-]cc1CC(=O)N1C[C@@H](C)C[C@H]1COC1CCC(C)CC1.FF.FF.FF.FF.FF.FF.FF.FF.FF.FF.FF.FF.FF.FF.FF.FF.FF.FF.[Y]. The minimum atomic E-state index is -0.164. The smallest absolute Gasteiger partial charge is 0.256 e. The van der Waals surface area contributed by atoms with Crippen LogP contribution in [0.25, 0.3) is 10.9 Å². The van der Waals surface area contributed by atoms with Crippen LogP contribution in [0.2, 0.25) is 0 Å². The fourth-order valence-corrected chi connectivity index (χ4v) is 6.13. The van der Waals surface area contributed by atoms with Gasteiger partial charge in [-0.3, -0.25) is 9.59 Å². The molecule has 5 rings (SSSR count). The van der Waals surface area contributed by atoms with Crippen molar-refractivity contribution in [3.8, 4) is 0 Å². The summed E-state index contributed by atoms with van der Waals surface area (Å²) in [6, 6.07) is 15.0. The second-order valence-corrected chi connectivity index (χ2v) is 11.6. The largest absolute Gasteiger partial charge is 0.376 e. The summed E-state index contributed by atoms with van der Waals surface area (Å²) in [6.07, 6.45) is 8.28. The van der Waals surface area contributed by atoms with Gasteiger partial charge >= 0.3 is 0 Å². The van der Waals surface area contributed by atoms with Crippen molar-refractivity contribution < 1.29 is 212 Å². The van der Waals surface area contributed by atoms with Crippen LogP contribution in [0.1, 0.15) is 67.4 Å². The molecule has 2 heterocycles. The van der Waals surface area contributed by atoms with E-state index < -0.39 is 0 Å². The maximum atomic E-state index is 13.4. The van der Waals surface area contributed by atoms with Crippen LogP contribution < -0.4 is 5.32 Å². The summed E-state index contributed by atoms with van der Waals surface area (Å²) >= 11 is 0. The minimum Gasteiger partial charge on any atom is -0.376 e. The summed E-state index contributed by atoms with van der Waals surface area (Å²) in [4.78, 5) is 28.4. The summed E-state index contributed by atoms with van der Waals surface area (Å²) in [6.45, 7) is 7.95. The van der Waals surface area contributed by atoms with Crippen LogP contribution in [-0.4, -0.2) is 46.6 Å². The number of hydrogen-bond donors (Lipinski definition) is 1. The molecule has 43 heteroatoms. The van der Waals surface area contributed by atoms with Gasteiger partial charge in [-0.2, -0.15) is 17.7 Å². The van der Waals surface area contributed by atoms with Gasteiger partial charge in [-0.1, -0.05) is 44.7 Å². The van der Waals surface area contributed by atoms with E-state index in [0.29, 0.717) is 36.3 Å². The van der Waals surface area contributed by atoms with E-state index in [1.165, 1.54) is 12.8 Å². The van der Waals surface area contributed by atoms with Crippen LogP contribution in [-0.2, 0) is 55.7 Å². The standard InChI is InChI=1S/C32H40N3O3.18F2.Y/c1-21-9-13-27(14-10-21)38-20-26-15-22(2)18-35(26)31(36)17-24-11-12-25(16-23(24)3)33-32(37)29-19-34(4)30-8-6-5-7-28(29)30;18*1-2;/h5-8,11,16,19,21-22,26-27H,9-10,13-15,17-18,20H2,1-4H3,(H,33,37);;;;;;;;;;;;;;;;;;;/q-1;;;;;;;;;;;;;;;;;;;/t21?,22-,26-,27?;;;;;;;;;;;;;;;;;;;/m0.................../s1. The number of hydrogen-bond acceptors (Lipinski definition) is 3. The monoisotopic (exact) mass is 1290 g/mol. The number of amides is 2. The third-order valence-electron chi connectivity index (χ3n) is 8.43. The molecule has 6 nitrogen and oxygen atoms in total. The Kier molecular flexibility index (Phi) is 156. The van der Waals surface area contributed by atoms with Crippen molar-refractivity contribution in [3.63, 3.8) is 0 Å². The predicted molar refractivity (Wildman–Crippen MR) is 191 cm³/mol. The number of nitrogens with one attached hydrogen (secondary N) is 1. The molecule has 1 aliphatic carbocycles. The Morgan fingerprint density at radius 1 is 0.600 bits per heavy atom. The van der Waals surface area contributed by atoms with E-state index in [1.54, 1.807) is 0 Å². The van der Waals surface area contributed by atoms with E-state index in [4.69, 9.17) is 169 Å². The summed E-state index contributed by atoms with van der Waals surface area (Å²) in [7, 11) is 1.94. The van der Waals surface area contributed by atoms with Crippen molar-refractivity contribution >= 4 is 28.4 Å². The number of anilines is 1. The Balaban J connectivity index is -0.0000000638. The quantitative estimate of drug-likeness (QED) is 0.189. The molecule has 2 aromatic carbocycles. The van der Waals surface area contributed by atoms with Crippen LogP contribution in [0.4, 0.5) is 170 Å². The molecule has 1 saturated carbocycles. The maximum absolute atomic E-state index is 13.4. The number of aromatic nitrogens is 1. The first kappa shape index (κ1) is 111. The van der Waals surface area contributed by atoms with E-state index in [9.17, 15) is 9.59 Å². The number of likely N-dealkylation sites (tertiary alicyclic amines) is 1. The van der Waals surface area contributed by atoms with E-state index in [0.717, 1.165) is 53.8 Å². The van der Waals surface area contributed by atoms with Crippen molar-refractivity contribution in [2.24, 2.45) is 18.9 Å². The minimum absolute atomic E-state index is 0. The molecule has 2 aliphatic rings. The Bertz CT molecular complexity index is 1390. The van der Waals surface area contributed by atoms with Gasteiger partial charge in [0.05, 0.1) is 24.3 Å².